The maximum Gasteiger partial charge on any atom is 0.0936 e. The van der Waals surface area contributed by atoms with E-state index in [0.29, 0.717) is 17.4 Å². The zero-order valence-electron chi connectivity index (χ0n) is 13.4. The first-order chi connectivity index (χ1) is 9.87. The highest BCUT2D eigenvalue weighted by Gasteiger charge is 2.65. The predicted molar refractivity (Wildman–Crippen MR) is 88.8 cm³/mol. The third kappa shape index (κ3) is 2.47. The van der Waals surface area contributed by atoms with Gasteiger partial charge in [-0.1, -0.05) is 54.0 Å². The van der Waals surface area contributed by atoms with Crippen LogP contribution in [0, 0.1) is 12.8 Å². The summed E-state index contributed by atoms with van der Waals surface area (Å²) in [5.41, 5.74) is 2.35. The Morgan fingerprint density at radius 3 is 2.67 bits per heavy atom. The summed E-state index contributed by atoms with van der Waals surface area (Å²) in [7, 11) is 0. The SMILES string of the molecule is Cc1ccccc1CO[C@H]1C[C@@]2(C(C)C)O[C@]1(C)C[C@H]2Br. The summed E-state index contributed by atoms with van der Waals surface area (Å²) in [5.74, 6) is 0.496. The van der Waals surface area contributed by atoms with E-state index in [1.807, 2.05) is 0 Å². The third-order valence-electron chi connectivity index (χ3n) is 5.40. The molecule has 2 heterocycles. The van der Waals surface area contributed by atoms with Gasteiger partial charge in [-0.05, 0) is 37.3 Å². The molecule has 2 saturated heterocycles. The van der Waals surface area contributed by atoms with Crippen LogP contribution in [0.3, 0.4) is 0 Å². The third-order valence-corrected chi connectivity index (χ3v) is 6.50. The van der Waals surface area contributed by atoms with Crippen LogP contribution in [0.15, 0.2) is 24.3 Å². The number of aryl methyl sites for hydroxylation is 1. The molecule has 0 N–H and O–H groups in total. The van der Waals surface area contributed by atoms with Crippen LogP contribution in [0.5, 0.6) is 0 Å². The quantitative estimate of drug-likeness (QED) is 0.736. The average molecular weight is 353 g/mol. The van der Waals surface area contributed by atoms with Gasteiger partial charge in [0.2, 0.25) is 0 Å². The van der Waals surface area contributed by atoms with Gasteiger partial charge in [0, 0.05) is 11.2 Å². The lowest BCUT2D eigenvalue weighted by Gasteiger charge is -2.35. The highest BCUT2D eigenvalue weighted by Crippen LogP contribution is 2.57. The van der Waals surface area contributed by atoms with Crippen LogP contribution in [0.25, 0.3) is 0 Å². The molecule has 2 nitrogen and oxygen atoms in total. The van der Waals surface area contributed by atoms with E-state index in [2.05, 4.69) is 67.9 Å². The van der Waals surface area contributed by atoms with E-state index in [4.69, 9.17) is 9.47 Å². The molecule has 1 aromatic carbocycles. The Labute approximate surface area is 136 Å². The first kappa shape index (κ1) is 15.5. The molecule has 2 aliphatic heterocycles. The molecule has 3 rings (SSSR count). The summed E-state index contributed by atoms with van der Waals surface area (Å²) in [6.45, 7) is 9.54. The minimum absolute atomic E-state index is 0.0643. The van der Waals surface area contributed by atoms with Gasteiger partial charge in [-0.3, -0.25) is 0 Å². The topological polar surface area (TPSA) is 18.5 Å². The first-order valence-corrected chi connectivity index (χ1v) is 8.79. The Morgan fingerprint density at radius 2 is 2.05 bits per heavy atom. The van der Waals surface area contributed by atoms with E-state index in [1.165, 1.54) is 11.1 Å². The Bertz CT molecular complexity index is 530. The van der Waals surface area contributed by atoms with Crippen LogP contribution >= 0.6 is 15.9 Å². The second-order valence-corrected chi connectivity index (χ2v) is 8.23. The molecule has 0 saturated carbocycles. The zero-order chi connectivity index (χ0) is 15.3. The molecule has 0 spiro atoms. The summed E-state index contributed by atoms with van der Waals surface area (Å²) >= 11 is 3.84. The molecule has 3 heteroatoms. The molecule has 2 bridgehead atoms. The predicted octanol–water partition coefficient (Wildman–Crippen LogP) is 4.62. The fourth-order valence-electron chi connectivity index (χ4n) is 3.85. The van der Waals surface area contributed by atoms with E-state index in [-0.39, 0.29) is 17.3 Å². The molecular weight excluding hydrogens is 328 g/mol. The monoisotopic (exact) mass is 352 g/mol. The Morgan fingerprint density at radius 1 is 1.33 bits per heavy atom. The van der Waals surface area contributed by atoms with Crippen molar-refractivity contribution in [3.05, 3.63) is 35.4 Å². The summed E-state index contributed by atoms with van der Waals surface area (Å²) in [5, 5.41) is 0. The maximum atomic E-state index is 6.48. The lowest BCUT2D eigenvalue weighted by molar-refractivity contribution is -0.0955. The van der Waals surface area contributed by atoms with Gasteiger partial charge in [0.15, 0.2) is 0 Å². The standard InChI is InChI=1S/C18H25BrO2/c1-12(2)18-10-16(17(4,21-18)9-15(18)19)20-11-14-8-6-5-7-13(14)3/h5-8,12,15-16H,9-11H2,1-4H3/t15-,16+,17-,18+/m1/s1. The number of benzene rings is 1. The van der Waals surface area contributed by atoms with Crippen molar-refractivity contribution < 1.29 is 9.47 Å². The fraction of sp³-hybridized carbons (Fsp3) is 0.667. The van der Waals surface area contributed by atoms with E-state index < -0.39 is 0 Å². The maximum absolute atomic E-state index is 6.48. The van der Waals surface area contributed by atoms with E-state index in [1.54, 1.807) is 0 Å². The summed E-state index contributed by atoms with van der Waals surface area (Å²) < 4.78 is 12.8. The van der Waals surface area contributed by atoms with Crippen LogP contribution < -0.4 is 0 Å². The van der Waals surface area contributed by atoms with Crippen molar-refractivity contribution >= 4 is 15.9 Å². The largest absolute Gasteiger partial charge is 0.370 e. The molecule has 0 aliphatic carbocycles. The van der Waals surface area contributed by atoms with Crippen molar-refractivity contribution in [2.24, 2.45) is 5.92 Å². The van der Waals surface area contributed by atoms with Gasteiger partial charge >= 0.3 is 0 Å². The van der Waals surface area contributed by atoms with Gasteiger partial charge < -0.3 is 9.47 Å². The summed E-state index contributed by atoms with van der Waals surface area (Å²) in [4.78, 5) is 0.438. The molecule has 2 fully saturated rings. The van der Waals surface area contributed by atoms with Crippen LogP contribution in [0.4, 0.5) is 0 Å². The van der Waals surface area contributed by atoms with Crippen molar-refractivity contribution in [2.45, 2.75) is 69.3 Å². The smallest absolute Gasteiger partial charge is 0.0936 e. The van der Waals surface area contributed by atoms with Crippen LogP contribution in [-0.4, -0.2) is 22.1 Å². The van der Waals surface area contributed by atoms with Crippen molar-refractivity contribution in [1.82, 2.24) is 0 Å². The van der Waals surface area contributed by atoms with Gasteiger partial charge in [-0.25, -0.2) is 0 Å². The molecule has 0 unspecified atom stereocenters. The fourth-order valence-corrected chi connectivity index (χ4v) is 5.31. The van der Waals surface area contributed by atoms with Crippen molar-refractivity contribution in [1.29, 1.82) is 0 Å². The van der Waals surface area contributed by atoms with Gasteiger partial charge in [0.1, 0.15) is 0 Å². The van der Waals surface area contributed by atoms with Gasteiger partial charge in [0.05, 0.1) is 23.9 Å². The van der Waals surface area contributed by atoms with E-state index in [9.17, 15) is 0 Å². The lowest BCUT2D eigenvalue weighted by Crippen LogP contribution is -2.44. The number of alkyl halides is 1. The number of halogens is 1. The minimum atomic E-state index is -0.152. The molecule has 4 atom stereocenters. The minimum Gasteiger partial charge on any atom is -0.370 e. The molecule has 0 radical (unpaired) electrons. The van der Waals surface area contributed by atoms with Crippen LogP contribution in [-0.2, 0) is 16.1 Å². The zero-order valence-corrected chi connectivity index (χ0v) is 14.9. The summed E-state index contributed by atoms with van der Waals surface area (Å²) in [6, 6.07) is 8.44. The lowest BCUT2D eigenvalue weighted by atomic mass is 9.75. The van der Waals surface area contributed by atoms with Crippen LogP contribution in [0.2, 0.25) is 0 Å². The number of fused-ring (bicyclic) bond motifs is 2. The number of rotatable bonds is 4. The van der Waals surface area contributed by atoms with Crippen molar-refractivity contribution in [3.63, 3.8) is 0 Å². The van der Waals surface area contributed by atoms with Crippen molar-refractivity contribution in [3.8, 4) is 0 Å². The molecule has 1 aromatic rings. The number of hydrogen-bond donors (Lipinski definition) is 0. The first-order valence-electron chi connectivity index (χ1n) is 7.88. The van der Waals surface area contributed by atoms with Gasteiger partial charge in [0.25, 0.3) is 0 Å². The number of hydrogen-bond acceptors (Lipinski definition) is 2. The second kappa shape index (κ2) is 5.36. The Hall–Kier alpha value is -0.380. The Balaban J connectivity index is 1.73. The molecule has 0 aromatic heterocycles. The normalized spacial score (nSPS) is 38.4. The molecule has 0 amide bonds. The second-order valence-electron chi connectivity index (χ2n) is 7.13. The van der Waals surface area contributed by atoms with Crippen LogP contribution in [0.1, 0.15) is 44.7 Å². The van der Waals surface area contributed by atoms with Gasteiger partial charge in [-0.2, -0.15) is 0 Å². The number of ether oxygens (including phenoxy) is 2. The molecule has 21 heavy (non-hydrogen) atoms. The molecule has 116 valence electrons. The highest BCUT2D eigenvalue weighted by atomic mass is 79.9. The molecule has 2 aliphatic rings. The highest BCUT2D eigenvalue weighted by molar-refractivity contribution is 9.09. The van der Waals surface area contributed by atoms with Gasteiger partial charge in [-0.15, -0.1) is 0 Å². The van der Waals surface area contributed by atoms with E-state index in [0.717, 1.165) is 12.8 Å². The van der Waals surface area contributed by atoms with Crippen molar-refractivity contribution in [2.75, 3.05) is 0 Å². The average Bonchev–Trinajstić information content (AvgIpc) is 2.86. The molecular formula is C18H25BrO2. The summed E-state index contributed by atoms with van der Waals surface area (Å²) in [6.07, 6.45) is 2.21. The Kier molecular flexibility index (Phi) is 3.96. The van der Waals surface area contributed by atoms with E-state index >= 15 is 0 Å².